The molecule has 0 atom stereocenters. The first-order valence-corrected chi connectivity index (χ1v) is 7.83. The minimum atomic E-state index is 0.374. The van der Waals surface area contributed by atoms with E-state index in [2.05, 4.69) is 0 Å². The van der Waals surface area contributed by atoms with E-state index in [4.69, 9.17) is 15.2 Å². The van der Waals surface area contributed by atoms with E-state index in [1.807, 2.05) is 18.2 Å². The van der Waals surface area contributed by atoms with Crippen molar-refractivity contribution in [2.75, 3.05) is 12.8 Å². The van der Waals surface area contributed by atoms with E-state index in [1.54, 1.807) is 7.11 Å². The maximum atomic E-state index is 6.39. The molecule has 0 amide bonds. The van der Waals surface area contributed by atoms with Gasteiger partial charge in [-0.3, -0.25) is 0 Å². The van der Waals surface area contributed by atoms with Crippen LogP contribution in [0.3, 0.4) is 0 Å². The van der Waals surface area contributed by atoms with Crippen LogP contribution in [0.15, 0.2) is 18.2 Å². The fourth-order valence-corrected chi connectivity index (χ4v) is 5.00. The molecule has 0 heterocycles. The SMILES string of the molecule is COc1ccc(N)cc1OC1C2CC3CC(C2)CC1C3. The summed E-state index contributed by atoms with van der Waals surface area (Å²) in [4.78, 5) is 0. The van der Waals surface area contributed by atoms with Gasteiger partial charge < -0.3 is 15.2 Å². The second-order valence-corrected chi connectivity index (χ2v) is 6.92. The molecule has 0 unspecified atom stereocenters. The highest BCUT2D eigenvalue weighted by Crippen LogP contribution is 2.55. The Hall–Kier alpha value is -1.38. The lowest BCUT2D eigenvalue weighted by Crippen LogP contribution is -2.50. The molecule has 0 aliphatic heterocycles. The van der Waals surface area contributed by atoms with Crippen LogP contribution in [0.4, 0.5) is 5.69 Å². The molecule has 5 rings (SSSR count). The average Bonchev–Trinajstić information content (AvgIpc) is 2.42. The zero-order chi connectivity index (χ0) is 13.7. The van der Waals surface area contributed by atoms with Gasteiger partial charge in [0.25, 0.3) is 0 Å². The summed E-state index contributed by atoms with van der Waals surface area (Å²) in [5, 5.41) is 0. The van der Waals surface area contributed by atoms with Crippen LogP contribution in [0.5, 0.6) is 11.5 Å². The van der Waals surface area contributed by atoms with Crippen LogP contribution in [0.1, 0.15) is 32.1 Å². The molecule has 0 saturated heterocycles. The number of benzene rings is 1. The van der Waals surface area contributed by atoms with Crippen molar-refractivity contribution >= 4 is 5.69 Å². The monoisotopic (exact) mass is 273 g/mol. The minimum absolute atomic E-state index is 0.374. The number of anilines is 1. The fourth-order valence-electron chi connectivity index (χ4n) is 5.00. The molecule has 1 aromatic rings. The summed E-state index contributed by atoms with van der Waals surface area (Å²) in [5.41, 5.74) is 6.64. The van der Waals surface area contributed by atoms with Gasteiger partial charge in [0.15, 0.2) is 11.5 Å². The molecule has 4 fully saturated rings. The smallest absolute Gasteiger partial charge is 0.163 e. The Morgan fingerprint density at radius 3 is 2.20 bits per heavy atom. The third-order valence-electron chi connectivity index (χ3n) is 5.59. The number of methoxy groups -OCH3 is 1. The molecule has 4 bridgehead atoms. The lowest BCUT2D eigenvalue weighted by Gasteiger charge is -2.53. The van der Waals surface area contributed by atoms with Gasteiger partial charge in [0.2, 0.25) is 0 Å². The molecule has 108 valence electrons. The third-order valence-corrected chi connectivity index (χ3v) is 5.59. The van der Waals surface area contributed by atoms with Crippen molar-refractivity contribution in [2.24, 2.45) is 23.7 Å². The zero-order valence-corrected chi connectivity index (χ0v) is 12.0. The predicted octanol–water partition coefficient (Wildman–Crippen LogP) is 3.48. The molecule has 4 aliphatic carbocycles. The number of ether oxygens (including phenoxy) is 2. The number of rotatable bonds is 3. The van der Waals surface area contributed by atoms with Crippen LogP contribution in [0.2, 0.25) is 0 Å². The number of nitrogen functional groups attached to an aromatic ring is 1. The minimum Gasteiger partial charge on any atom is -0.493 e. The molecular formula is C17H23NO2. The van der Waals surface area contributed by atoms with Crippen molar-refractivity contribution in [3.63, 3.8) is 0 Å². The molecule has 4 aliphatic rings. The summed E-state index contributed by atoms with van der Waals surface area (Å²) >= 11 is 0. The Kier molecular flexibility index (Phi) is 2.83. The van der Waals surface area contributed by atoms with Gasteiger partial charge in [-0.1, -0.05) is 0 Å². The summed E-state index contributed by atoms with van der Waals surface area (Å²) in [6.45, 7) is 0. The second kappa shape index (κ2) is 4.57. The van der Waals surface area contributed by atoms with Crippen molar-refractivity contribution in [1.29, 1.82) is 0 Å². The van der Waals surface area contributed by atoms with E-state index in [-0.39, 0.29) is 0 Å². The summed E-state index contributed by atoms with van der Waals surface area (Å²) in [6.07, 6.45) is 7.30. The Balaban J connectivity index is 1.58. The lowest BCUT2D eigenvalue weighted by atomic mass is 9.55. The van der Waals surface area contributed by atoms with Crippen LogP contribution < -0.4 is 15.2 Å². The maximum absolute atomic E-state index is 6.39. The highest BCUT2D eigenvalue weighted by atomic mass is 16.5. The molecule has 3 nitrogen and oxygen atoms in total. The van der Waals surface area contributed by atoms with E-state index >= 15 is 0 Å². The summed E-state index contributed by atoms with van der Waals surface area (Å²) in [7, 11) is 1.69. The summed E-state index contributed by atoms with van der Waals surface area (Å²) < 4.78 is 11.8. The van der Waals surface area contributed by atoms with Gasteiger partial charge in [0.1, 0.15) is 6.10 Å². The van der Waals surface area contributed by atoms with Crippen LogP contribution in [-0.2, 0) is 0 Å². The van der Waals surface area contributed by atoms with Gasteiger partial charge in [0.05, 0.1) is 7.11 Å². The van der Waals surface area contributed by atoms with E-state index in [9.17, 15) is 0 Å². The Morgan fingerprint density at radius 1 is 0.950 bits per heavy atom. The van der Waals surface area contributed by atoms with E-state index in [0.717, 1.165) is 40.9 Å². The van der Waals surface area contributed by atoms with Gasteiger partial charge >= 0.3 is 0 Å². The van der Waals surface area contributed by atoms with E-state index in [1.165, 1.54) is 32.1 Å². The molecule has 4 saturated carbocycles. The Morgan fingerprint density at radius 2 is 1.60 bits per heavy atom. The lowest BCUT2D eigenvalue weighted by molar-refractivity contribution is -0.0795. The van der Waals surface area contributed by atoms with Crippen LogP contribution in [0.25, 0.3) is 0 Å². The van der Waals surface area contributed by atoms with Crippen LogP contribution >= 0.6 is 0 Å². The highest BCUT2D eigenvalue weighted by Gasteiger charge is 2.49. The Labute approximate surface area is 120 Å². The molecular weight excluding hydrogens is 250 g/mol. The number of nitrogens with two attached hydrogens (primary N) is 1. The van der Waals surface area contributed by atoms with Gasteiger partial charge in [-0.15, -0.1) is 0 Å². The van der Waals surface area contributed by atoms with Crippen molar-refractivity contribution in [3.8, 4) is 11.5 Å². The first kappa shape index (κ1) is 12.4. The first-order chi connectivity index (χ1) is 9.72. The van der Waals surface area contributed by atoms with Gasteiger partial charge in [-0.25, -0.2) is 0 Å². The largest absolute Gasteiger partial charge is 0.493 e. The van der Waals surface area contributed by atoms with E-state index < -0.39 is 0 Å². The van der Waals surface area contributed by atoms with Gasteiger partial charge in [-0.05, 0) is 67.9 Å². The third kappa shape index (κ3) is 1.95. The zero-order valence-electron chi connectivity index (χ0n) is 12.0. The molecule has 3 heteroatoms. The number of hydrogen-bond donors (Lipinski definition) is 1. The van der Waals surface area contributed by atoms with Crippen molar-refractivity contribution < 1.29 is 9.47 Å². The normalized spacial score (nSPS) is 38.0. The molecule has 20 heavy (non-hydrogen) atoms. The molecule has 0 spiro atoms. The van der Waals surface area contributed by atoms with Crippen molar-refractivity contribution in [2.45, 2.75) is 38.2 Å². The van der Waals surface area contributed by atoms with E-state index in [0.29, 0.717) is 6.10 Å². The standard InChI is InChI=1S/C17H23NO2/c1-19-15-3-2-14(18)9-16(15)20-17-12-5-10-4-11(7-12)8-13(17)6-10/h2-3,9-13,17H,4-8,18H2,1H3. The summed E-state index contributed by atoms with van der Waals surface area (Å²) in [6, 6.07) is 5.67. The topological polar surface area (TPSA) is 44.5 Å². The van der Waals surface area contributed by atoms with Crippen LogP contribution in [0, 0.1) is 23.7 Å². The maximum Gasteiger partial charge on any atom is 0.163 e. The van der Waals surface area contributed by atoms with Crippen molar-refractivity contribution in [3.05, 3.63) is 18.2 Å². The highest BCUT2D eigenvalue weighted by molar-refractivity contribution is 5.52. The molecule has 2 N–H and O–H groups in total. The fraction of sp³-hybridized carbons (Fsp3) is 0.647. The predicted molar refractivity (Wildman–Crippen MR) is 78.9 cm³/mol. The van der Waals surface area contributed by atoms with Crippen molar-refractivity contribution in [1.82, 2.24) is 0 Å². The summed E-state index contributed by atoms with van der Waals surface area (Å²) in [5.74, 6) is 5.06. The first-order valence-electron chi connectivity index (χ1n) is 7.83. The van der Waals surface area contributed by atoms with Gasteiger partial charge in [0, 0.05) is 11.8 Å². The second-order valence-electron chi connectivity index (χ2n) is 6.92. The molecule has 0 radical (unpaired) electrons. The quantitative estimate of drug-likeness (QED) is 0.857. The van der Waals surface area contributed by atoms with Gasteiger partial charge in [-0.2, -0.15) is 0 Å². The number of hydrogen-bond acceptors (Lipinski definition) is 3. The average molecular weight is 273 g/mol. The van der Waals surface area contributed by atoms with Crippen LogP contribution in [-0.4, -0.2) is 13.2 Å². The Bertz CT molecular complexity index is 486. The molecule has 1 aromatic carbocycles. The molecule has 0 aromatic heterocycles.